The fourth-order valence-corrected chi connectivity index (χ4v) is 1.84. The van der Waals surface area contributed by atoms with Gasteiger partial charge in [0.05, 0.1) is 24.0 Å². The van der Waals surface area contributed by atoms with Crippen LogP contribution in [0.4, 0.5) is 16.2 Å². The molecule has 0 unspecified atom stereocenters. The van der Waals surface area contributed by atoms with Crippen molar-refractivity contribution in [2.24, 2.45) is 0 Å². The van der Waals surface area contributed by atoms with Crippen molar-refractivity contribution in [1.29, 1.82) is 0 Å². The summed E-state index contributed by atoms with van der Waals surface area (Å²) in [5, 5.41) is 5.75. The first-order chi connectivity index (χ1) is 9.58. The first-order valence-electron chi connectivity index (χ1n) is 5.61. The van der Waals surface area contributed by atoms with Gasteiger partial charge >= 0.3 is 6.03 Å². The van der Waals surface area contributed by atoms with E-state index in [2.05, 4.69) is 31.5 Å². The molecule has 104 valence electrons. The number of hydrogen-bond donors (Lipinski definition) is 2. The monoisotopic (exact) mass is 355 g/mol. The third-order valence-electron chi connectivity index (χ3n) is 2.40. The van der Waals surface area contributed by atoms with Crippen molar-refractivity contribution in [1.82, 2.24) is 4.98 Å². The van der Waals surface area contributed by atoms with Crippen molar-refractivity contribution < 1.29 is 9.53 Å². The number of methoxy groups -OCH3 is 1. The van der Waals surface area contributed by atoms with Gasteiger partial charge in [-0.3, -0.25) is 0 Å². The summed E-state index contributed by atoms with van der Waals surface area (Å²) in [6.07, 6.45) is 1.50. The number of ether oxygens (including phenoxy) is 1. The Hall–Kier alpha value is -1.79. The van der Waals surface area contributed by atoms with Crippen LogP contribution in [-0.2, 0) is 0 Å². The Kier molecular flexibility index (Phi) is 4.81. The predicted octanol–water partition coefficient (Wildman–Crippen LogP) is 4.15. The van der Waals surface area contributed by atoms with E-state index in [-0.39, 0.29) is 6.03 Å². The van der Waals surface area contributed by atoms with E-state index >= 15 is 0 Å². The maximum absolute atomic E-state index is 11.8. The minimum absolute atomic E-state index is 0.379. The number of urea groups is 1. The molecule has 2 rings (SSSR count). The topological polar surface area (TPSA) is 63.2 Å². The van der Waals surface area contributed by atoms with Crippen molar-refractivity contribution in [3.63, 3.8) is 0 Å². The zero-order valence-corrected chi connectivity index (χ0v) is 12.8. The van der Waals surface area contributed by atoms with E-state index in [1.165, 1.54) is 6.20 Å². The maximum Gasteiger partial charge on any atom is 0.323 e. The molecule has 1 heterocycles. The molecule has 1 aromatic heterocycles. The molecular weight excluding hydrogens is 346 g/mol. The van der Waals surface area contributed by atoms with Gasteiger partial charge in [-0.05, 0) is 46.3 Å². The lowest BCUT2D eigenvalue weighted by Gasteiger charge is -2.08. The van der Waals surface area contributed by atoms with Gasteiger partial charge in [-0.25, -0.2) is 9.78 Å². The SMILES string of the molecule is COc1ccc(NC(=O)Nc2cnc(Br)c(Cl)c2)cc1. The van der Waals surface area contributed by atoms with Crippen molar-refractivity contribution in [3.05, 3.63) is 46.2 Å². The van der Waals surface area contributed by atoms with E-state index in [1.807, 2.05) is 0 Å². The molecule has 20 heavy (non-hydrogen) atoms. The zero-order valence-electron chi connectivity index (χ0n) is 10.5. The number of nitrogens with zero attached hydrogens (tertiary/aromatic N) is 1. The Morgan fingerprint density at radius 3 is 2.50 bits per heavy atom. The molecule has 0 saturated carbocycles. The Balaban J connectivity index is 1.99. The van der Waals surface area contributed by atoms with E-state index in [1.54, 1.807) is 37.4 Å². The molecule has 2 N–H and O–H groups in total. The Morgan fingerprint density at radius 2 is 1.90 bits per heavy atom. The van der Waals surface area contributed by atoms with Crippen LogP contribution in [0.2, 0.25) is 5.02 Å². The lowest BCUT2D eigenvalue weighted by molar-refractivity contribution is 0.262. The van der Waals surface area contributed by atoms with Gasteiger partial charge in [0.2, 0.25) is 0 Å². The number of hydrogen-bond acceptors (Lipinski definition) is 3. The van der Waals surface area contributed by atoms with Crippen LogP contribution in [0.3, 0.4) is 0 Å². The minimum atomic E-state index is -0.379. The van der Waals surface area contributed by atoms with Gasteiger partial charge in [-0.1, -0.05) is 11.6 Å². The largest absolute Gasteiger partial charge is 0.497 e. The van der Waals surface area contributed by atoms with Crippen LogP contribution in [0.25, 0.3) is 0 Å². The molecule has 0 aliphatic carbocycles. The number of halogens is 2. The van der Waals surface area contributed by atoms with Gasteiger partial charge in [0.15, 0.2) is 0 Å². The van der Waals surface area contributed by atoms with Gasteiger partial charge in [0.1, 0.15) is 10.4 Å². The number of benzene rings is 1. The molecule has 1 aromatic carbocycles. The number of nitrogens with one attached hydrogen (secondary N) is 2. The average Bonchev–Trinajstić information content (AvgIpc) is 2.44. The molecular formula is C13H11BrClN3O2. The molecule has 0 aliphatic heterocycles. The predicted molar refractivity (Wildman–Crippen MR) is 82.6 cm³/mol. The molecule has 0 aliphatic rings. The first kappa shape index (κ1) is 14.6. The van der Waals surface area contributed by atoms with Gasteiger partial charge in [0, 0.05) is 5.69 Å². The summed E-state index contributed by atoms with van der Waals surface area (Å²) in [7, 11) is 1.58. The van der Waals surface area contributed by atoms with Gasteiger partial charge < -0.3 is 15.4 Å². The highest BCUT2D eigenvalue weighted by Gasteiger charge is 2.05. The molecule has 0 atom stereocenters. The highest BCUT2D eigenvalue weighted by Crippen LogP contribution is 2.23. The summed E-state index contributed by atoms with van der Waals surface area (Å²) in [4.78, 5) is 15.8. The number of carbonyl (C=O) groups is 1. The summed E-state index contributed by atoms with van der Waals surface area (Å²) in [5.74, 6) is 0.722. The second-order valence-corrected chi connectivity index (χ2v) is 4.96. The molecule has 0 radical (unpaired) electrons. The fraction of sp³-hybridized carbons (Fsp3) is 0.0769. The second-order valence-electron chi connectivity index (χ2n) is 3.80. The van der Waals surface area contributed by atoms with Gasteiger partial charge in [-0.2, -0.15) is 0 Å². The Morgan fingerprint density at radius 1 is 1.25 bits per heavy atom. The summed E-state index contributed by atoms with van der Waals surface area (Å²) in [5.41, 5.74) is 1.16. The van der Waals surface area contributed by atoms with Crippen molar-refractivity contribution in [3.8, 4) is 5.75 Å². The summed E-state index contributed by atoms with van der Waals surface area (Å²) in [6.45, 7) is 0. The lowest BCUT2D eigenvalue weighted by Crippen LogP contribution is -2.19. The van der Waals surface area contributed by atoms with Crippen LogP contribution in [0.1, 0.15) is 0 Å². The Labute approximate surface area is 129 Å². The summed E-state index contributed by atoms with van der Waals surface area (Å²) >= 11 is 9.08. The molecule has 7 heteroatoms. The first-order valence-corrected chi connectivity index (χ1v) is 6.78. The van der Waals surface area contributed by atoms with Crippen molar-refractivity contribution in [2.45, 2.75) is 0 Å². The van der Waals surface area contributed by atoms with Crippen LogP contribution < -0.4 is 15.4 Å². The minimum Gasteiger partial charge on any atom is -0.497 e. The molecule has 0 saturated heterocycles. The quantitative estimate of drug-likeness (QED) is 0.812. The summed E-state index contributed by atoms with van der Waals surface area (Å²) in [6, 6.07) is 8.22. The molecule has 0 fully saturated rings. The van der Waals surface area contributed by atoms with Gasteiger partial charge in [-0.15, -0.1) is 0 Å². The van der Waals surface area contributed by atoms with Crippen molar-refractivity contribution in [2.75, 3.05) is 17.7 Å². The highest BCUT2D eigenvalue weighted by molar-refractivity contribution is 9.10. The van der Waals surface area contributed by atoms with E-state index in [4.69, 9.17) is 16.3 Å². The number of carbonyl (C=O) groups excluding carboxylic acids is 1. The lowest BCUT2D eigenvalue weighted by atomic mass is 10.3. The highest BCUT2D eigenvalue weighted by atomic mass is 79.9. The van der Waals surface area contributed by atoms with E-state index in [0.717, 1.165) is 5.75 Å². The average molecular weight is 357 g/mol. The summed E-state index contributed by atoms with van der Waals surface area (Å²) < 4.78 is 5.57. The van der Waals surface area contributed by atoms with E-state index in [9.17, 15) is 4.79 Å². The van der Waals surface area contributed by atoms with Gasteiger partial charge in [0.25, 0.3) is 0 Å². The second kappa shape index (κ2) is 6.58. The third-order valence-corrected chi connectivity index (χ3v) is 3.55. The van der Waals surface area contributed by atoms with Crippen LogP contribution in [0.5, 0.6) is 5.75 Å². The van der Waals surface area contributed by atoms with Crippen LogP contribution in [0, 0.1) is 0 Å². The standard InChI is InChI=1S/C13H11BrClN3O2/c1-20-10-4-2-8(3-5-10)17-13(19)18-9-6-11(15)12(14)16-7-9/h2-7H,1H3,(H2,17,18,19). The smallest absolute Gasteiger partial charge is 0.323 e. The molecule has 5 nitrogen and oxygen atoms in total. The molecule has 0 spiro atoms. The zero-order chi connectivity index (χ0) is 14.5. The maximum atomic E-state index is 11.8. The normalized spacial score (nSPS) is 9.95. The van der Waals surface area contributed by atoms with Crippen molar-refractivity contribution >= 4 is 44.9 Å². The molecule has 2 aromatic rings. The van der Waals surface area contributed by atoms with E-state index in [0.29, 0.717) is 21.0 Å². The number of pyridine rings is 1. The van der Waals surface area contributed by atoms with E-state index < -0.39 is 0 Å². The Bertz CT molecular complexity index is 620. The molecule has 2 amide bonds. The number of anilines is 2. The van der Waals surface area contributed by atoms with Crippen LogP contribution >= 0.6 is 27.5 Å². The van der Waals surface area contributed by atoms with Crippen LogP contribution in [0.15, 0.2) is 41.1 Å². The van der Waals surface area contributed by atoms with Crippen LogP contribution in [-0.4, -0.2) is 18.1 Å². The number of rotatable bonds is 3. The third kappa shape index (κ3) is 3.85. The number of amides is 2. The number of aromatic nitrogens is 1. The fourth-order valence-electron chi connectivity index (χ4n) is 1.46. The molecule has 0 bridgehead atoms.